The molecule has 2 aromatic rings. The molecule has 0 spiro atoms. The van der Waals surface area contributed by atoms with Gasteiger partial charge in [-0.05, 0) is 43.7 Å². The lowest BCUT2D eigenvalue weighted by Crippen LogP contribution is -2.29. The molecule has 0 radical (unpaired) electrons. The predicted octanol–water partition coefficient (Wildman–Crippen LogP) is 3.97. The van der Waals surface area contributed by atoms with E-state index in [0.717, 1.165) is 5.56 Å². The van der Waals surface area contributed by atoms with Crippen LogP contribution in [0.5, 0.6) is 11.6 Å². The average molecular weight is 403 g/mol. The van der Waals surface area contributed by atoms with Crippen LogP contribution in [0.25, 0.3) is 0 Å². The van der Waals surface area contributed by atoms with Crippen LogP contribution in [0.15, 0.2) is 42.6 Å². The van der Waals surface area contributed by atoms with Gasteiger partial charge >= 0.3 is 0 Å². The quantitative estimate of drug-likeness (QED) is 0.790. The van der Waals surface area contributed by atoms with E-state index in [-0.39, 0.29) is 28.3 Å². The van der Waals surface area contributed by atoms with Crippen molar-refractivity contribution in [1.82, 2.24) is 15.2 Å². The third-order valence-corrected chi connectivity index (χ3v) is 5.05. The molecule has 1 aromatic heterocycles. The Labute approximate surface area is 167 Å². The van der Waals surface area contributed by atoms with Gasteiger partial charge in [0.25, 0.3) is 5.24 Å². The molecular weight excluding hydrogens is 381 g/mol. The fourth-order valence-electron chi connectivity index (χ4n) is 2.80. The number of pyridine rings is 1. The summed E-state index contributed by atoms with van der Waals surface area (Å²) in [6, 6.07) is 9.32. The summed E-state index contributed by atoms with van der Waals surface area (Å²) in [4.78, 5) is 30.1. The van der Waals surface area contributed by atoms with E-state index in [1.165, 1.54) is 36.0 Å². The standard InChI is InChI=1S/C20H22FN3O3S/c1-13(2)23-20(26)28-17-9-19(25)24(12-17)11-14-3-8-18(22-10-14)27-16-6-4-15(21)5-7-16/h3-8,10,13,17H,9,11-12H2,1-2H3,(H,23,26)/t17-/m1/s1. The second-order valence-corrected chi connectivity index (χ2v) is 8.14. The molecule has 1 aliphatic heterocycles. The minimum absolute atomic E-state index is 0.0292. The van der Waals surface area contributed by atoms with Crippen molar-refractivity contribution in [3.63, 3.8) is 0 Å². The van der Waals surface area contributed by atoms with Gasteiger partial charge in [-0.3, -0.25) is 9.59 Å². The number of carbonyl (C=O) groups is 2. The summed E-state index contributed by atoms with van der Waals surface area (Å²) >= 11 is 1.18. The minimum Gasteiger partial charge on any atom is -0.439 e. The normalized spacial score (nSPS) is 16.5. The number of ether oxygens (including phenoxy) is 1. The van der Waals surface area contributed by atoms with Crippen LogP contribution in [0.4, 0.5) is 9.18 Å². The molecule has 1 fully saturated rings. The van der Waals surface area contributed by atoms with Crippen molar-refractivity contribution in [3.8, 4) is 11.6 Å². The highest BCUT2D eigenvalue weighted by molar-refractivity contribution is 8.14. The summed E-state index contributed by atoms with van der Waals surface area (Å²) in [5, 5.41) is 2.69. The Bertz CT molecular complexity index is 828. The Morgan fingerprint density at radius 3 is 2.71 bits per heavy atom. The van der Waals surface area contributed by atoms with Crippen LogP contribution in [-0.2, 0) is 11.3 Å². The second kappa shape index (κ2) is 9.05. The number of benzene rings is 1. The van der Waals surface area contributed by atoms with Gasteiger partial charge in [0, 0.05) is 43.1 Å². The molecule has 1 saturated heterocycles. The number of amides is 2. The van der Waals surface area contributed by atoms with Crippen LogP contribution in [0.1, 0.15) is 25.8 Å². The zero-order valence-corrected chi connectivity index (χ0v) is 16.5. The van der Waals surface area contributed by atoms with E-state index in [1.807, 2.05) is 19.9 Å². The molecule has 0 aliphatic carbocycles. The van der Waals surface area contributed by atoms with Crippen molar-refractivity contribution in [1.29, 1.82) is 0 Å². The maximum absolute atomic E-state index is 12.9. The molecule has 2 amide bonds. The first-order valence-electron chi connectivity index (χ1n) is 9.02. The largest absolute Gasteiger partial charge is 0.439 e. The molecule has 1 N–H and O–H groups in total. The summed E-state index contributed by atoms with van der Waals surface area (Å²) in [6.45, 7) is 4.77. The molecule has 148 valence electrons. The molecule has 1 aromatic carbocycles. The highest BCUT2D eigenvalue weighted by Crippen LogP contribution is 2.26. The van der Waals surface area contributed by atoms with E-state index < -0.39 is 0 Å². The van der Waals surface area contributed by atoms with E-state index in [0.29, 0.717) is 31.1 Å². The van der Waals surface area contributed by atoms with Gasteiger partial charge in [0.2, 0.25) is 11.8 Å². The molecule has 1 atom stereocenters. The van der Waals surface area contributed by atoms with Crippen molar-refractivity contribution >= 4 is 22.9 Å². The maximum atomic E-state index is 12.9. The first-order chi connectivity index (χ1) is 13.4. The number of hydrogen-bond donors (Lipinski definition) is 1. The van der Waals surface area contributed by atoms with Gasteiger partial charge in [0.1, 0.15) is 11.6 Å². The maximum Gasteiger partial charge on any atom is 0.279 e. The van der Waals surface area contributed by atoms with Crippen LogP contribution in [0.3, 0.4) is 0 Å². The highest BCUT2D eigenvalue weighted by Gasteiger charge is 2.31. The van der Waals surface area contributed by atoms with Crippen LogP contribution in [0, 0.1) is 5.82 Å². The van der Waals surface area contributed by atoms with Crippen LogP contribution < -0.4 is 10.1 Å². The monoisotopic (exact) mass is 403 g/mol. The number of likely N-dealkylation sites (tertiary alicyclic amines) is 1. The Morgan fingerprint density at radius 1 is 1.32 bits per heavy atom. The Kier molecular flexibility index (Phi) is 6.51. The predicted molar refractivity (Wildman–Crippen MR) is 106 cm³/mol. The van der Waals surface area contributed by atoms with Crippen molar-refractivity contribution in [2.24, 2.45) is 0 Å². The van der Waals surface area contributed by atoms with E-state index in [4.69, 9.17) is 4.74 Å². The zero-order valence-electron chi connectivity index (χ0n) is 15.7. The third-order valence-electron chi connectivity index (χ3n) is 4.07. The number of carbonyl (C=O) groups excluding carboxylic acids is 2. The first kappa shape index (κ1) is 20.1. The summed E-state index contributed by atoms with van der Waals surface area (Å²) in [5.74, 6) is 0.586. The molecule has 8 heteroatoms. The Hall–Kier alpha value is -2.61. The molecule has 0 saturated carbocycles. The molecule has 3 rings (SSSR count). The van der Waals surface area contributed by atoms with Crippen molar-refractivity contribution in [2.45, 2.75) is 38.1 Å². The Morgan fingerprint density at radius 2 is 2.07 bits per heavy atom. The summed E-state index contributed by atoms with van der Waals surface area (Å²) < 4.78 is 18.5. The van der Waals surface area contributed by atoms with Gasteiger partial charge in [-0.15, -0.1) is 0 Å². The zero-order chi connectivity index (χ0) is 20.1. The van der Waals surface area contributed by atoms with Gasteiger partial charge in [-0.1, -0.05) is 17.8 Å². The van der Waals surface area contributed by atoms with E-state index in [2.05, 4.69) is 10.3 Å². The van der Waals surface area contributed by atoms with Crippen LogP contribution >= 0.6 is 11.8 Å². The van der Waals surface area contributed by atoms with Gasteiger partial charge < -0.3 is 15.0 Å². The molecule has 0 unspecified atom stereocenters. The lowest BCUT2D eigenvalue weighted by molar-refractivity contribution is -0.128. The van der Waals surface area contributed by atoms with E-state index >= 15 is 0 Å². The number of nitrogens with one attached hydrogen (secondary N) is 1. The number of thioether (sulfide) groups is 1. The highest BCUT2D eigenvalue weighted by atomic mass is 32.2. The summed E-state index contributed by atoms with van der Waals surface area (Å²) in [7, 11) is 0. The van der Waals surface area contributed by atoms with Crippen LogP contribution in [-0.4, -0.2) is 38.9 Å². The Balaban J connectivity index is 1.53. The van der Waals surface area contributed by atoms with E-state index in [1.54, 1.807) is 17.2 Å². The number of aromatic nitrogens is 1. The third kappa shape index (κ3) is 5.69. The molecule has 1 aliphatic rings. The average Bonchev–Trinajstić information content (AvgIpc) is 2.96. The number of nitrogens with zero attached hydrogens (tertiary/aromatic N) is 2. The first-order valence-corrected chi connectivity index (χ1v) is 9.90. The van der Waals surface area contributed by atoms with Gasteiger partial charge in [0.05, 0.1) is 0 Å². The molecule has 2 heterocycles. The topological polar surface area (TPSA) is 71.5 Å². The minimum atomic E-state index is -0.330. The number of halogens is 1. The fraction of sp³-hybridized carbons (Fsp3) is 0.350. The smallest absolute Gasteiger partial charge is 0.279 e. The van der Waals surface area contributed by atoms with Crippen molar-refractivity contribution in [2.75, 3.05) is 6.54 Å². The SMILES string of the molecule is CC(C)NC(=O)S[C@@H]1CC(=O)N(Cc2ccc(Oc3ccc(F)cc3)nc2)C1. The van der Waals surface area contributed by atoms with E-state index in [9.17, 15) is 14.0 Å². The van der Waals surface area contributed by atoms with Crippen molar-refractivity contribution < 1.29 is 18.7 Å². The van der Waals surface area contributed by atoms with Crippen molar-refractivity contribution in [3.05, 3.63) is 54.0 Å². The molecule has 6 nitrogen and oxygen atoms in total. The molecule has 28 heavy (non-hydrogen) atoms. The fourth-order valence-corrected chi connectivity index (χ4v) is 3.88. The summed E-state index contributed by atoms with van der Waals surface area (Å²) in [5.41, 5.74) is 0.872. The number of rotatable bonds is 6. The van der Waals surface area contributed by atoms with Gasteiger partial charge in [-0.25, -0.2) is 9.37 Å². The lowest BCUT2D eigenvalue weighted by atomic mass is 10.2. The second-order valence-electron chi connectivity index (χ2n) is 6.87. The molecule has 0 bridgehead atoms. The van der Waals surface area contributed by atoms with Gasteiger partial charge in [0.15, 0.2) is 0 Å². The number of hydrogen-bond acceptors (Lipinski definition) is 5. The van der Waals surface area contributed by atoms with Crippen LogP contribution in [0.2, 0.25) is 0 Å². The lowest BCUT2D eigenvalue weighted by Gasteiger charge is -2.17. The molecular formula is C20H22FN3O3S. The van der Waals surface area contributed by atoms with Gasteiger partial charge in [-0.2, -0.15) is 0 Å². The summed E-state index contributed by atoms with van der Waals surface area (Å²) in [6.07, 6.45) is 2.01.